The van der Waals surface area contributed by atoms with E-state index in [-0.39, 0.29) is 18.3 Å². The first-order valence-corrected chi connectivity index (χ1v) is 7.72. The second-order valence-corrected chi connectivity index (χ2v) is 6.23. The summed E-state index contributed by atoms with van der Waals surface area (Å²) >= 11 is 3.43. The molecule has 0 saturated carbocycles. The van der Waals surface area contributed by atoms with Crippen LogP contribution in [0.4, 0.5) is 10.1 Å². The lowest BCUT2D eigenvalue weighted by molar-refractivity contribution is -0.117. The smallest absolute Gasteiger partial charge is 0.238 e. The highest BCUT2D eigenvalue weighted by Gasteiger charge is 2.09. The molecule has 0 bridgehead atoms. The third kappa shape index (κ3) is 4.93. The number of hydrogen-bond acceptors (Lipinski definition) is 2. The number of nitrogens with zero attached hydrogens (tertiary/aromatic N) is 1. The Bertz CT molecular complexity index is 675. The molecule has 2 rings (SSSR count). The SMILES string of the molecule is Cc1ccc(NC(=O)CN(C)Cc2cccc(Br)c2)cc1F. The van der Waals surface area contributed by atoms with Crippen LogP contribution in [0.3, 0.4) is 0 Å². The van der Waals surface area contributed by atoms with E-state index in [1.54, 1.807) is 19.1 Å². The average molecular weight is 365 g/mol. The van der Waals surface area contributed by atoms with Gasteiger partial charge in [-0.2, -0.15) is 0 Å². The Morgan fingerprint density at radius 3 is 2.73 bits per heavy atom. The second kappa shape index (κ2) is 7.51. The molecule has 5 heteroatoms. The molecular formula is C17H18BrFN2O. The summed E-state index contributed by atoms with van der Waals surface area (Å²) in [5.74, 6) is -0.485. The number of aryl methyl sites for hydroxylation is 1. The van der Waals surface area contributed by atoms with Gasteiger partial charge in [-0.25, -0.2) is 4.39 Å². The summed E-state index contributed by atoms with van der Waals surface area (Å²) in [6.07, 6.45) is 0. The quantitative estimate of drug-likeness (QED) is 0.870. The standard InChI is InChI=1S/C17H18BrFN2O/c1-12-6-7-15(9-16(12)19)20-17(22)11-21(2)10-13-4-3-5-14(18)8-13/h3-9H,10-11H2,1-2H3,(H,20,22). The van der Waals surface area contributed by atoms with E-state index in [1.807, 2.05) is 36.2 Å². The number of nitrogens with one attached hydrogen (secondary N) is 1. The molecule has 2 aromatic carbocycles. The number of amides is 1. The molecule has 0 atom stereocenters. The van der Waals surface area contributed by atoms with Crippen molar-refractivity contribution in [3.8, 4) is 0 Å². The van der Waals surface area contributed by atoms with Crippen molar-refractivity contribution in [2.45, 2.75) is 13.5 Å². The zero-order chi connectivity index (χ0) is 16.1. The summed E-state index contributed by atoms with van der Waals surface area (Å²) in [4.78, 5) is 13.9. The highest BCUT2D eigenvalue weighted by Crippen LogP contribution is 2.14. The van der Waals surface area contributed by atoms with Gasteiger partial charge in [-0.15, -0.1) is 0 Å². The molecule has 3 nitrogen and oxygen atoms in total. The van der Waals surface area contributed by atoms with Gasteiger partial charge < -0.3 is 5.32 Å². The molecule has 0 aromatic heterocycles. The van der Waals surface area contributed by atoms with E-state index >= 15 is 0 Å². The lowest BCUT2D eigenvalue weighted by Crippen LogP contribution is -2.29. The molecule has 0 radical (unpaired) electrons. The molecule has 0 fully saturated rings. The fraction of sp³-hybridized carbons (Fsp3) is 0.235. The number of carbonyl (C=O) groups excluding carboxylic acids is 1. The second-order valence-electron chi connectivity index (χ2n) is 5.31. The molecule has 0 heterocycles. The summed E-state index contributed by atoms with van der Waals surface area (Å²) in [5.41, 5.74) is 2.15. The molecule has 2 aromatic rings. The van der Waals surface area contributed by atoms with Crippen molar-refractivity contribution in [2.24, 2.45) is 0 Å². The van der Waals surface area contributed by atoms with E-state index in [0.717, 1.165) is 10.0 Å². The Balaban J connectivity index is 1.89. The van der Waals surface area contributed by atoms with E-state index < -0.39 is 0 Å². The molecule has 1 amide bonds. The van der Waals surface area contributed by atoms with Crippen molar-refractivity contribution < 1.29 is 9.18 Å². The summed E-state index contributed by atoms with van der Waals surface area (Å²) < 4.78 is 14.5. The molecule has 0 unspecified atom stereocenters. The number of rotatable bonds is 5. The third-order valence-electron chi connectivity index (χ3n) is 3.21. The first kappa shape index (κ1) is 16.6. The predicted octanol–water partition coefficient (Wildman–Crippen LogP) is 3.97. The molecule has 0 aliphatic carbocycles. The molecule has 22 heavy (non-hydrogen) atoms. The van der Waals surface area contributed by atoms with E-state index in [4.69, 9.17) is 0 Å². The zero-order valence-electron chi connectivity index (χ0n) is 12.6. The number of hydrogen-bond donors (Lipinski definition) is 1. The normalized spacial score (nSPS) is 10.8. The van der Waals surface area contributed by atoms with Crippen molar-refractivity contribution in [1.82, 2.24) is 4.90 Å². The van der Waals surface area contributed by atoms with Crippen LogP contribution in [0.15, 0.2) is 46.9 Å². The van der Waals surface area contributed by atoms with Crippen molar-refractivity contribution >= 4 is 27.5 Å². The molecular weight excluding hydrogens is 347 g/mol. The molecule has 116 valence electrons. The number of benzene rings is 2. The Morgan fingerprint density at radius 1 is 1.27 bits per heavy atom. The summed E-state index contributed by atoms with van der Waals surface area (Å²) in [6, 6.07) is 12.6. The maximum atomic E-state index is 13.5. The van der Waals surface area contributed by atoms with Crippen LogP contribution >= 0.6 is 15.9 Å². The highest BCUT2D eigenvalue weighted by atomic mass is 79.9. The van der Waals surface area contributed by atoms with E-state index in [9.17, 15) is 9.18 Å². The molecule has 1 N–H and O–H groups in total. The van der Waals surface area contributed by atoms with Crippen molar-refractivity contribution in [1.29, 1.82) is 0 Å². The summed E-state index contributed by atoms with van der Waals surface area (Å²) in [6.45, 7) is 2.59. The van der Waals surface area contributed by atoms with Gasteiger partial charge in [0.05, 0.1) is 6.54 Å². The van der Waals surface area contributed by atoms with Crippen LogP contribution in [0.1, 0.15) is 11.1 Å². The summed E-state index contributed by atoms with van der Waals surface area (Å²) in [5, 5.41) is 2.71. The Hall–Kier alpha value is -1.72. The van der Waals surface area contributed by atoms with Gasteiger partial charge in [-0.1, -0.05) is 34.1 Å². The van der Waals surface area contributed by atoms with Crippen molar-refractivity contribution in [3.63, 3.8) is 0 Å². The van der Waals surface area contributed by atoms with Crippen LogP contribution in [-0.4, -0.2) is 24.4 Å². The Labute approximate surface area is 138 Å². The average Bonchev–Trinajstić information content (AvgIpc) is 2.42. The molecule has 0 aliphatic rings. The minimum Gasteiger partial charge on any atom is -0.325 e. The first-order valence-electron chi connectivity index (χ1n) is 6.93. The maximum Gasteiger partial charge on any atom is 0.238 e. The lowest BCUT2D eigenvalue weighted by Gasteiger charge is -2.16. The molecule has 0 aliphatic heterocycles. The minimum absolute atomic E-state index is 0.166. The van der Waals surface area contributed by atoms with Crippen molar-refractivity contribution in [2.75, 3.05) is 18.9 Å². The van der Waals surface area contributed by atoms with Crippen LogP contribution in [0.2, 0.25) is 0 Å². The highest BCUT2D eigenvalue weighted by molar-refractivity contribution is 9.10. The lowest BCUT2D eigenvalue weighted by atomic mass is 10.2. The van der Waals surface area contributed by atoms with E-state index in [0.29, 0.717) is 17.8 Å². The van der Waals surface area contributed by atoms with Gasteiger partial charge in [0.2, 0.25) is 5.91 Å². The van der Waals surface area contributed by atoms with Crippen LogP contribution < -0.4 is 5.32 Å². The Kier molecular flexibility index (Phi) is 5.69. The third-order valence-corrected chi connectivity index (χ3v) is 3.70. The van der Waals surface area contributed by atoms with Crippen molar-refractivity contribution in [3.05, 3.63) is 63.9 Å². The van der Waals surface area contributed by atoms with Gasteiger partial charge in [0, 0.05) is 16.7 Å². The fourth-order valence-electron chi connectivity index (χ4n) is 2.12. The number of likely N-dealkylation sites (N-methyl/N-ethyl adjacent to an activating group) is 1. The monoisotopic (exact) mass is 364 g/mol. The zero-order valence-corrected chi connectivity index (χ0v) is 14.2. The molecule has 0 saturated heterocycles. The van der Waals surface area contributed by atoms with Gasteiger partial charge in [-0.3, -0.25) is 9.69 Å². The number of anilines is 1. The van der Waals surface area contributed by atoms with Crippen LogP contribution in [-0.2, 0) is 11.3 Å². The maximum absolute atomic E-state index is 13.5. The van der Waals surface area contributed by atoms with E-state index in [1.165, 1.54) is 6.07 Å². The predicted molar refractivity (Wildman–Crippen MR) is 90.2 cm³/mol. The summed E-state index contributed by atoms with van der Waals surface area (Å²) in [7, 11) is 1.87. The minimum atomic E-state index is -0.319. The topological polar surface area (TPSA) is 32.3 Å². The Morgan fingerprint density at radius 2 is 2.05 bits per heavy atom. The van der Waals surface area contributed by atoms with Crippen LogP contribution in [0.25, 0.3) is 0 Å². The molecule has 0 spiro atoms. The van der Waals surface area contributed by atoms with Gasteiger partial charge in [0.1, 0.15) is 5.82 Å². The first-order chi connectivity index (χ1) is 10.4. The van der Waals surface area contributed by atoms with Crippen LogP contribution in [0, 0.1) is 12.7 Å². The fourth-order valence-corrected chi connectivity index (χ4v) is 2.57. The van der Waals surface area contributed by atoms with E-state index in [2.05, 4.69) is 21.2 Å². The number of carbonyl (C=O) groups is 1. The van der Waals surface area contributed by atoms with Gasteiger partial charge in [0.15, 0.2) is 0 Å². The largest absolute Gasteiger partial charge is 0.325 e. The van der Waals surface area contributed by atoms with Gasteiger partial charge in [0.25, 0.3) is 0 Å². The van der Waals surface area contributed by atoms with Gasteiger partial charge >= 0.3 is 0 Å². The van der Waals surface area contributed by atoms with Gasteiger partial charge in [-0.05, 0) is 49.4 Å². The number of halogens is 2. The van der Waals surface area contributed by atoms with Crippen LogP contribution in [0.5, 0.6) is 0 Å².